The van der Waals surface area contributed by atoms with Gasteiger partial charge in [0.2, 0.25) is 5.91 Å². The molecule has 0 saturated carbocycles. The number of nitrogens with one attached hydrogen (secondary N) is 1. The van der Waals surface area contributed by atoms with Crippen molar-refractivity contribution in [1.29, 1.82) is 0 Å². The number of hydrogen-bond acceptors (Lipinski definition) is 5. The van der Waals surface area contributed by atoms with Crippen LogP contribution in [0.5, 0.6) is 0 Å². The number of aliphatic hydroxyl groups is 2. The molecule has 3 N–H and O–H groups in total. The molecule has 0 spiro atoms. The Morgan fingerprint density at radius 2 is 2.12 bits per heavy atom. The van der Waals surface area contributed by atoms with Gasteiger partial charge in [0.25, 0.3) is 0 Å². The Labute approximate surface area is 93.6 Å². The van der Waals surface area contributed by atoms with Crippen molar-refractivity contribution < 1.29 is 24.5 Å². The molecule has 6 nitrogen and oxygen atoms in total. The van der Waals surface area contributed by atoms with Crippen LogP contribution in [-0.4, -0.2) is 46.4 Å². The normalized spacial score (nSPS) is 40.4. The van der Waals surface area contributed by atoms with Gasteiger partial charge in [-0.3, -0.25) is 4.79 Å². The van der Waals surface area contributed by atoms with Crippen molar-refractivity contribution in [2.24, 2.45) is 5.92 Å². The van der Waals surface area contributed by atoms with Crippen molar-refractivity contribution in [2.45, 2.75) is 38.0 Å². The highest BCUT2D eigenvalue weighted by Gasteiger charge is 2.67. The topological polar surface area (TPSA) is 95.9 Å². The van der Waals surface area contributed by atoms with Crippen molar-refractivity contribution in [3.8, 4) is 0 Å². The number of esters is 1. The molecule has 1 aliphatic rings. The molecule has 4 atom stereocenters. The van der Waals surface area contributed by atoms with Gasteiger partial charge in [-0.1, -0.05) is 6.92 Å². The fourth-order valence-electron chi connectivity index (χ4n) is 2.14. The number of ether oxygens (including phenoxy) is 1. The Balaban J connectivity index is 3.33. The summed E-state index contributed by atoms with van der Waals surface area (Å²) in [5, 5.41) is 22.3. The Morgan fingerprint density at radius 3 is 2.38 bits per heavy atom. The fourth-order valence-corrected chi connectivity index (χ4v) is 2.14. The van der Waals surface area contributed by atoms with Crippen LogP contribution in [0.2, 0.25) is 0 Å². The van der Waals surface area contributed by atoms with Crippen LogP contribution >= 0.6 is 0 Å². The molecule has 6 heteroatoms. The minimum atomic E-state index is -1.81. The van der Waals surface area contributed by atoms with Crippen LogP contribution in [0.3, 0.4) is 0 Å². The molecular weight excluding hydrogens is 214 g/mol. The van der Waals surface area contributed by atoms with Gasteiger partial charge in [0.05, 0.1) is 19.1 Å². The van der Waals surface area contributed by atoms with Crippen LogP contribution in [0, 0.1) is 5.92 Å². The molecule has 1 rings (SSSR count). The van der Waals surface area contributed by atoms with Gasteiger partial charge in [-0.25, -0.2) is 4.79 Å². The van der Waals surface area contributed by atoms with Crippen molar-refractivity contribution >= 4 is 11.9 Å². The quantitative estimate of drug-likeness (QED) is 0.519. The van der Waals surface area contributed by atoms with E-state index in [0.717, 1.165) is 7.11 Å². The molecule has 1 fully saturated rings. The first-order valence-electron chi connectivity index (χ1n) is 5.02. The van der Waals surface area contributed by atoms with Gasteiger partial charge in [0.15, 0.2) is 5.54 Å². The monoisotopic (exact) mass is 231 g/mol. The van der Waals surface area contributed by atoms with E-state index in [-0.39, 0.29) is 0 Å². The zero-order valence-corrected chi connectivity index (χ0v) is 9.77. The Hall–Kier alpha value is -1.14. The standard InChI is InChI=1S/C10H17NO5/c1-5-7(13)11-10(6(2)12,8(14)16-4)9(5,3)15/h5-6,12,15H,1-4H3,(H,11,13)/t5?,6-,9-,10+/m1/s1. The number of carbonyl (C=O) groups excluding carboxylic acids is 2. The average Bonchev–Trinajstić information content (AvgIpc) is 2.38. The maximum Gasteiger partial charge on any atom is 0.337 e. The van der Waals surface area contributed by atoms with E-state index in [0.29, 0.717) is 0 Å². The van der Waals surface area contributed by atoms with E-state index in [9.17, 15) is 19.8 Å². The summed E-state index contributed by atoms with van der Waals surface area (Å²) in [5.41, 5.74) is -3.51. The zero-order valence-electron chi connectivity index (χ0n) is 9.77. The highest BCUT2D eigenvalue weighted by atomic mass is 16.5. The lowest BCUT2D eigenvalue weighted by Crippen LogP contribution is -2.68. The number of amides is 1. The van der Waals surface area contributed by atoms with E-state index in [4.69, 9.17) is 0 Å². The van der Waals surface area contributed by atoms with E-state index in [1.807, 2.05) is 0 Å². The van der Waals surface area contributed by atoms with Gasteiger partial charge in [-0.15, -0.1) is 0 Å². The summed E-state index contributed by atoms with van der Waals surface area (Å²) in [6, 6.07) is 0. The molecule has 92 valence electrons. The predicted molar refractivity (Wildman–Crippen MR) is 54.4 cm³/mol. The van der Waals surface area contributed by atoms with Crippen LogP contribution in [0.25, 0.3) is 0 Å². The first kappa shape index (κ1) is 12.9. The SMILES string of the molecule is COC(=O)[C@]1([C@@H](C)O)NC(=O)C(C)[C@@]1(C)O. The number of carbonyl (C=O) groups is 2. The van der Waals surface area contributed by atoms with E-state index >= 15 is 0 Å². The van der Waals surface area contributed by atoms with Gasteiger partial charge >= 0.3 is 5.97 Å². The first-order chi connectivity index (χ1) is 7.21. The minimum Gasteiger partial charge on any atom is -0.467 e. The smallest absolute Gasteiger partial charge is 0.337 e. The maximum absolute atomic E-state index is 11.7. The number of methoxy groups -OCH3 is 1. The fraction of sp³-hybridized carbons (Fsp3) is 0.800. The molecule has 1 heterocycles. The van der Waals surface area contributed by atoms with E-state index in [2.05, 4.69) is 10.1 Å². The van der Waals surface area contributed by atoms with E-state index in [1.165, 1.54) is 20.8 Å². The number of aliphatic hydroxyl groups excluding tert-OH is 1. The second-order valence-electron chi connectivity index (χ2n) is 4.33. The summed E-state index contributed by atoms with van der Waals surface area (Å²) in [7, 11) is 1.14. The lowest BCUT2D eigenvalue weighted by molar-refractivity contribution is -0.169. The zero-order chi connectivity index (χ0) is 12.7. The molecule has 1 unspecified atom stereocenters. The Bertz CT molecular complexity index is 325. The molecule has 0 aromatic rings. The van der Waals surface area contributed by atoms with E-state index < -0.39 is 35.0 Å². The molecule has 0 radical (unpaired) electrons. The van der Waals surface area contributed by atoms with Gasteiger partial charge in [0.1, 0.15) is 5.60 Å². The van der Waals surface area contributed by atoms with Crippen LogP contribution in [0.1, 0.15) is 20.8 Å². The summed E-state index contributed by atoms with van der Waals surface area (Å²) < 4.78 is 4.56. The molecule has 1 saturated heterocycles. The molecule has 0 aromatic heterocycles. The Kier molecular flexibility index (Phi) is 3.00. The number of hydrogen-bond donors (Lipinski definition) is 3. The van der Waals surface area contributed by atoms with Crippen molar-refractivity contribution in [2.75, 3.05) is 7.11 Å². The molecular formula is C10H17NO5. The third-order valence-corrected chi connectivity index (χ3v) is 3.49. The van der Waals surface area contributed by atoms with Crippen LogP contribution in [0.15, 0.2) is 0 Å². The first-order valence-corrected chi connectivity index (χ1v) is 5.02. The molecule has 0 aliphatic carbocycles. The van der Waals surface area contributed by atoms with Crippen LogP contribution in [0.4, 0.5) is 0 Å². The number of rotatable bonds is 2. The third-order valence-electron chi connectivity index (χ3n) is 3.49. The molecule has 1 amide bonds. The predicted octanol–water partition coefficient (Wildman–Crippen LogP) is -1.20. The summed E-state index contributed by atoms with van der Waals surface area (Å²) in [5.74, 6) is -2.15. The second-order valence-corrected chi connectivity index (χ2v) is 4.33. The summed E-state index contributed by atoms with van der Waals surface area (Å²) in [4.78, 5) is 23.3. The molecule has 0 aromatic carbocycles. The lowest BCUT2D eigenvalue weighted by atomic mass is 9.74. The van der Waals surface area contributed by atoms with Gasteiger partial charge < -0.3 is 20.3 Å². The summed E-state index contributed by atoms with van der Waals surface area (Å²) >= 11 is 0. The summed E-state index contributed by atoms with van der Waals surface area (Å²) in [6.07, 6.45) is -1.26. The lowest BCUT2D eigenvalue weighted by Gasteiger charge is -2.39. The largest absolute Gasteiger partial charge is 0.467 e. The van der Waals surface area contributed by atoms with Crippen molar-refractivity contribution in [3.63, 3.8) is 0 Å². The van der Waals surface area contributed by atoms with Crippen molar-refractivity contribution in [1.82, 2.24) is 5.32 Å². The maximum atomic E-state index is 11.7. The van der Waals surface area contributed by atoms with Gasteiger partial charge in [-0.2, -0.15) is 0 Å². The second kappa shape index (κ2) is 3.71. The highest BCUT2D eigenvalue weighted by Crippen LogP contribution is 2.39. The molecule has 16 heavy (non-hydrogen) atoms. The van der Waals surface area contributed by atoms with Crippen LogP contribution < -0.4 is 5.32 Å². The van der Waals surface area contributed by atoms with Crippen LogP contribution in [-0.2, 0) is 14.3 Å². The molecule has 1 aliphatic heterocycles. The highest BCUT2D eigenvalue weighted by molar-refractivity contribution is 5.96. The minimum absolute atomic E-state index is 0.490. The summed E-state index contributed by atoms with van der Waals surface area (Å²) in [6.45, 7) is 4.14. The molecule has 0 bridgehead atoms. The van der Waals surface area contributed by atoms with Gasteiger partial charge in [0, 0.05) is 0 Å². The third kappa shape index (κ3) is 1.33. The van der Waals surface area contributed by atoms with Gasteiger partial charge in [-0.05, 0) is 13.8 Å². The van der Waals surface area contributed by atoms with Crippen molar-refractivity contribution in [3.05, 3.63) is 0 Å². The average molecular weight is 231 g/mol. The Morgan fingerprint density at radius 1 is 1.62 bits per heavy atom. The van der Waals surface area contributed by atoms with E-state index in [1.54, 1.807) is 0 Å².